The Bertz CT molecular complexity index is 2340. The van der Waals surface area contributed by atoms with Gasteiger partial charge < -0.3 is 44.5 Å². The lowest BCUT2D eigenvalue weighted by Crippen LogP contribution is -2.40. The summed E-state index contributed by atoms with van der Waals surface area (Å²) in [6.07, 6.45) is 23.7. The maximum absolute atomic E-state index is 12.8. The van der Waals surface area contributed by atoms with Crippen molar-refractivity contribution in [2.45, 2.75) is 97.2 Å². The molecule has 4 aliphatic rings. The molecule has 3 atom stereocenters. The van der Waals surface area contributed by atoms with Gasteiger partial charge in [0.2, 0.25) is 12.3 Å². The van der Waals surface area contributed by atoms with Crippen LogP contribution in [0.4, 0.5) is 4.79 Å². The maximum atomic E-state index is 12.8. The zero-order valence-electron chi connectivity index (χ0n) is 41.7. The molecule has 15 heteroatoms. The lowest BCUT2D eigenvalue weighted by molar-refractivity contribution is -0.132. The Morgan fingerprint density at radius 2 is 1.46 bits per heavy atom. The summed E-state index contributed by atoms with van der Waals surface area (Å²) in [5.41, 5.74) is 6.67. The maximum Gasteiger partial charge on any atom is 0.407 e. The van der Waals surface area contributed by atoms with Crippen LogP contribution < -0.4 is 10.6 Å². The van der Waals surface area contributed by atoms with E-state index in [9.17, 15) is 19.2 Å². The number of alkyl carbamates (subject to hydrolysis) is 1. The third-order valence-corrected chi connectivity index (χ3v) is 12.4. The third kappa shape index (κ3) is 16.7. The first-order valence-corrected chi connectivity index (χ1v) is 24.0. The van der Waals surface area contributed by atoms with Gasteiger partial charge in [0.25, 0.3) is 0 Å². The van der Waals surface area contributed by atoms with Gasteiger partial charge in [0.1, 0.15) is 17.9 Å². The summed E-state index contributed by atoms with van der Waals surface area (Å²) in [5, 5.41) is 6.97. The number of aldehydes is 1. The van der Waals surface area contributed by atoms with Crippen molar-refractivity contribution in [3.8, 4) is 46.5 Å². The average Bonchev–Trinajstić information content (AvgIpc) is 3.91. The summed E-state index contributed by atoms with van der Waals surface area (Å²) >= 11 is 0. The van der Waals surface area contributed by atoms with Gasteiger partial charge in [0.05, 0.1) is 56.6 Å². The Labute approximate surface area is 408 Å². The lowest BCUT2D eigenvalue weighted by Gasteiger charge is -2.30. The molecule has 5 aromatic rings. The zero-order chi connectivity index (χ0) is 50.2. The first kappa shape index (κ1) is 55.3. The Hall–Kier alpha value is -6.34. The molecule has 4 N–H and O–H groups in total. The van der Waals surface area contributed by atoms with Crippen molar-refractivity contribution < 1.29 is 33.4 Å². The molecule has 372 valence electrons. The highest BCUT2D eigenvalue weighted by Crippen LogP contribution is 2.49. The Morgan fingerprint density at radius 1 is 0.870 bits per heavy atom. The molecule has 0 unspecified atom stereocenters. The van der Waals surface area contributed by atoms with Gasteiger partial charge >= 0.3 is 6.09 Å². The number of aromatic nitrogens is 4. The fourth-order valence-corrected chi connectivity index (χ4v) is 8.65. The number of terminal acetylenes is 1. The van der Waals surface area contributed by atoms with E-state index in [-0.39, 0.29) is 24.4 Å². The molecule has 69 heavy (non-hydrogen) atoms. The summed E-state index contributed by atoms with van der Waals surface area (Å²) in [6, 6.07) is 22.9. The largest absolute Gasteiger partial charge is 0.453 e. The van der Waals surface area contributed by atoms with Crippen LogP contribution in [0.1, 0.15) is 96.2 Å². The number of H-pyrrole nitrogens is 2. The van der Waals surface area contributed by atoms with Gasteiger partial charge in [-0.1, -0.05) is 75.7 Å². The Kier molecular flexibility index (Phi) is 23.1. The Balaban J connectivity index is 0.000000395. The molecule has 2 aliphatic heterocycles. The van der Waals surface area contributed by atoms with Crippen LogP contribution in [-0.4, -0.2) is 122 Å². The minimum atomic E-state index is -0.586. The topological polar surface area (TPSA) is 184 Å². The molecule has 2 aliphatic carbocycles. The second-order valence-corrected chi connectivity index (χ2v) is 18.0. The van der Waals surface area contributed by atoms with E-state index in [0.29, 0.717) is 37.9 Å². The number of carbonyl (C=O) groups excluding carboxylic acids is 4. The van der Waals surface area contributed by atoms with Crippen molar-refractivity contribution in [1.29, 1.82) is 0 Å². The number of imidazole rings is 2. The number of ether oxygens (including phenoxy) is 3. The normalized spacial score (nSPS) is 18.0. The number of piperidine rings is 1. The second-order valence-electron chi connectivity index (χ2n) is 18.0. The van der Waals surface area contributed by atoms with Crippen LogP contribution in [0.2, 0.25) is 0 Å². The van der Waals surface area contributed by atoms with Crippen molar-refractivity contribution in [3.63, 3.8) is 0 Å². The fraction of sp³-hybridized carbons (Fsp3) is 0.481. The van der Waals surface area contributed by atoms with Gasteiger partial charge in [-0.25, -0.2) is 14.8 Å². The first-order valence-electron chi connectivity index (χ1n) is 24.0. The minimum absolute atomic E-state index is 0.00586. The number of nitrogens with zero attached hydrogens (tertiary/aromatic N) is 4. The van der Waals surface area contributed by atoms with Gasteiger partial charge in [-0.2, -0.15) is 0 Å². The number of carbonyl (C=O) groups is 4. The number of rotatable bonds is 13. The number of aromatic amines is 2. The van der Waals surface area contributed by atoms with Crippen molar-refractivity contribution >= 4 is 35.5 Å². The Morgan fingerprint density at radius 3 is 2.01 bits per heavy atom. The summed E-state index contributed by atoms with van der Waals surface area (Å²) in [6.45, 7) is 9.48. The van der Waals surface area contributed by atoms with Gasteiger partial charge in [-0.05, 0) is 109 Å². The molecule has 9 rings (SSSR count). The van der Waals surface area contributed by atoms with Crippen molar-refractivity contribution in [3.05, 3.63) is 84.7 Å². The van der Waals surface area contributed by atoms with Crippen LogP contribution >= 0.6 is 0 Å². The molecule has 3 aromatic carbocycles. The zero-order valence-corrected chi connectivity index (χ0v) is 41.7. The molecule has 2 saturated carbocycles. The van der Waals surface area contributed by atoms with Crippen LogP contribution in [0.15, 0.2) is 73.1 Å². The first-order chi connectivity index (χ1) is 33.5. The second kappa shape index (κ2) is 28.9. The summed E-state index contributed by atoms with van der Waals surface area (Å²) in [5.74, 6) is 2.45. The van der Waals surface area contributed by atoms with E-state index in [4.69, 9.17) is 9.72 Å². The van der Waals surface area contributed by atoms with E-state index in [1.165, 1.54) is 68.6 Å². The molecular weight excluding hydrogens is 873 g/mol. The standard InChI is InChI=1S/C38H41N7O2.C5H10O.C4H7NO3.C3H8.C2H6O.C2H2/c1-38(13-14-38)22-45(35(47)20-39-23-46)21-34-40-18-33(42-34)29-10-9-27-15-26(7-8-28(27)16-29)24-3-5-25(6-4-24)32-19-41-37(43-32)36-30-11-12-31(17-30)44(36)2;1-2-4-6-5-3-1;1-8-4(7)5-2-3-6;2*1-3-2;1-2/h3-10,15-16,18-19,23,30-31,36H,11-14,17,20-22H2,1-2H3,(H,39,46)(H,40,42)(H,41,43);1-5H2;3H,2H2,1H3,(H,5,7);3H2,1-2H3;1-2H3;1-2H/t30-,31+,36-;;;;;/m0...../s1. The van der Waals surface area contributed by atoms with E-state index in [0.717, 1.165) is 71.5 Å². The predicted octanol–water partition coefficient (Wildman–Crippen LogP) is 8.97. The van der Waals surface area contributed by atoms with E-state index < -0.39 is 6.09 Å². The lowest BCUT2D eigenvalue weighted by atomic mass is 9.98. The van der Waals surface area contributed by atoms with Crippen molar-refractivity contribution in [1.82, 2.24) is 40.4 Å². The molecule has 0 spiro atoms. The fourth-order valence-electron chi connectivity index (χ4n) is 8.65. The smallest absolute Gasteiger partial charge is 0.407 e. The van der Waals surface area contributed by atoms with E-state index in [1.54, 1.807) is 19.1 Å². The molecule has 4 heterocycles. The van der Waals surface area contributed by atoms with Crippen molar-refractivity contribution in [2.75, 3.05) is 61.2 Å². The summed E-state index contributed by atoms with van der Waals surface area (Å²) in [4.78, 5) is 63.9. The number of hydrogen-bond donors (Lipinski definition) is 4. The number of methoxy groups -OCH3 is 2. The minimum Gasteiger partial charge on any atom is -0.453 e. The molecule has 2 aromatic heterocycles. The molecule has 15 nitrogen and oxygen atoms in total. The molecule has 3 amide bonds. The van der Waals surface area contributed by atoms with Crippen LogP contribution in [0.3, 0.4) is 0 Å². The molecule has 4 fully saturated rings. The third-order valence-electron chi connectivity index (χ3n) is 12.4. The monoisotopic (exact) mass is 947 g/mol. The van der Waals surface area contributed by atoms with Crippen LogP contribution in [0.5, 0.6) is 0 Å². The SMILES string of the molecule is C#C.C1CCOCC1.CCC.CN1[C@@H]2CC[C@@H](C2)[C@H]1c1ncc(-c2ccc(-c3ccc4cc(-c5cnc(CN(CC6(C)CC6)C(=O)CNC=O)[nH]5)ccc4c3)cc2)[nH]1.COC.COC(=O)NCC=O. The quantitative estimate of drug-likeness (QED) is 0.0657. The van der Waals surface area contributed by atoms with Crippen LogP contribution in [0, 0.1) is 24.2 Å². The van der Waals surface area contributed by atoms with E-state index >= 15 is 0 Å². The van der Waals surface area contributed by atoms with Crippen LogP contribution in [-0.2, 0) is 35.1 Å². The highest BCUT2D eigenvalue weighted by atomic mass is 16.5. The molecular formula is C54H74N8O7. The number of fused-ring (bicyclic) bond motifs is 3. The number of hydrogen-bond acceptors (Lipinski definition) is 10. The summed E-state index contributed by atoms with van der Waals surface area (Å²) in [7, 11) is 6.73. The number of benzene rings is 3. The number of amides is 3. The molecule has 2 bridgehead atoms. The van der Waals surface area contributed by atoms with Gasteiger partial charge in [-0.15, -0.1) is 12.8 Å². The van der Waals surface area contributed by atoms with Gasteiger partial charge in [0, 0.05) is 45.6 Å². The van der Waals surface area contributed by atoms with E-state index in [2.05, 4.69) is 141 Å². The average molecular weight is 947 g/mol. The molecule has 2 saturated heterocycles. The number of nitrogens with one attached hydrogen (secondary N) is 4. The van der Waals surface area contributed by atoms with Crippen LogP contribution in [0.25, 0.3) is 44.4 Å². The van der Waals surface area contributed by atoms with Crippen molar-refractivity contribution in [2.24, 2.45) is 11.3 Å². The highest BCUT2D eigenvalue weighted by molar-refractivity contribution is 5.90. The number of likely N-dealkylation sites (tertiary alicyclic amines) is 1. The van der Waals surface area contributed by atoms with Gasteiger partial charge in [-0.3, -0.25) is 14.5 Å². The summed E-state index contributed by atoms with van der Waals surface area (Å²) < 4.78 is 13.5. The highest BCUT2D eigenvalue weighted by Gasteiger charge is 2.45. The van der Waals surface area contributed by atoms with E-state index in [1.807, 2.05) is 12.4 Å². The molecule has 0 radical (unpaired) electrons. The van der Waals surface area contributed by atoms with Gasteiger partial charge in [0.15, 0.2) is 0 Å². The predicted molar refractivity (Wildman–Crippen MR) is 273 cm³/mol.